The summed E-state index contributed by atoms with van der Waals surface area (Å²) in [4.78, 5) is 15.0. The molecule has 1 fully saturated rings. The largest absolute Gasteiger partial charge is 0.360 e. The highest BCUT2D eigenvalue weighted by Crippen LogP contribution is 2.32. The smallest absolute Gasteiger partial charge is 0.260 e. The highest BCUT2D eigenvalue weighted by Gasteiger charge is 2.32. The van der Waals surface area contributed by atoms with Crippen LogP contribution in [0.25, 0.3) is 11.3 Å². The lowest BCUT2D eigenvalue weighted by molar-refractivity contribution is 0.0717. The fraction of sp³-hybridized carbons (Fsp3) is 0.400. The molecule has 1 aliphatic carbocycles. The molecule has 8 heteroatoms. The van der Waals surface area contributed by atoms with Crippen LogP contribution in [-0.4, -0.2) is 37.5 Å². The van der Waals surface area contributed by atoms with E-state index in [1.807, 2.05) is 40.0 Å². The zero-order valence-electron chi connectivity index (χ0n) is 15.3. The van der Waals surface area contributed by atoms with Gasteiger partial charge in [0.2, 0.25) is 0 Å². The van der Waals surface area contributed by atoms with E-state index in [0.717, 1.165) is 28.6 Å². The second-order valence-corrected chi connectivity index (χ2v) is 8.36. The van der Waals surface area contributed by atoms with Crippen molar-refractivity contribution in [1.82, 2.24) is 25.1 Å². The van der Waals surface area contributed by atoms with Gasteiger partial charge in [0, 0.05) is 23.0 Å². The molecule has 1 saturated carbocycles. The molecule has 0 saturated heterocycles. The van der Waals surface area contributed by atoms with Gasteiger partial charge in [-0.2, -0.15) is 0 Å². The fourth-order valence-electron chi connectivity index (χ4n) is 4.10. The van der Waals surface area contributed by atoms with Crippen LogP contribution >= 0.6 is 15.9 Å². The monoisotopic (exact) mass is 441 g/mol. The van der Waals surface area contributed by atoms with E-state index >= 15 is 0 Å². The van der Waals surface area contributed by atoms with Crippen LogP contribution in [0.5, 0.6) is 0 Å². The molecule has 0 spiro atoms. The minimum absolute atomic E-state index is 0.0594. The Bertz CT molecular complexity index is 1000. The van der Waals surface area contributed by atoms with Gasteiger partial charge in [0.25, 0.3) is 5.91 Å². The van der Waals surface area contributed by atoms with E-state index in [1.54, 1.807) is 0 Å². The number of carbonyl (C=O) groups excluding carboxylic acids is 1. The van der Waals surface area contributed by atoms with Crippen molar-refractivity contribution < 1.29 is 9.32 Å². The number of fused-ring (bicyclic) bond motifs is 1. The Morgan fingerprint density at radius 2 is 1.96 bits per heavy atom. The van der Waals surface area contributed by atoms with Gasteiger partial charge in [-0.25, -0.2) is 4.68 Å². The second kappa shape index (κ2) is 7.16. The summed E-state index contributed by atoms with van der Waals surface area (Å²) in [6, 6.07) is 8.18. The van der Waals surface area contributed by atoms with Gasteiger partial charge in [-0.05, 0) is 25.0 Å². The summed E-state index contributed by atoms with van der Waals surface area (Å²) in [5.41, 5.74) is 2.87. The molecule has 3 aromatic rings. The molecule has 0 unspecified atom stereocenters. The van der Waals surface area contributed by atoms with Crippen molar-refractivity contribution in [2.24, 2.45) is 0 Å². The van der Waals surface area contributed by atoms with Crippen LogP contribution in [-0.2, 0) is 13.0 Å². The fourth-order valence-corrected chi connectivity index (χ4v) is 4.36. The van der Waals surface area contributed by atoms with Crippen molar-refractivity contribution in [1.29, 1.82) is 0 Å². The Morgan fingerprint density at radius 1 is 1.18 bits per heavy atom. The van der Waals surface area contributed by atoms with Gasteiger partial charge in [0.15, 0.2) is 5.76 Å². The van der Waals surface area contributed by atoms with Gasteiger partial charge >= 0.3 is 0 Å². The summed E-state index contributed by atoms with van der Waals surface area (Å²) in [6.07, 6.45) is 7.46. The molecule has 3 heterocycles. The molecule has 0 atom stereocenters. The Kier molecular flexibility index (Phi) is 4.50. The summed E-state index contributed by atoms with van der Waals surface area (Å²) in [5, 5.41) is 12.8. The highest BCUT2D eigenvalue weighted by molar-refractivity contribution is 9.10. The van der Waals surface area contributed by atoms with Crippen LogP contribution in [0.3, 0.4) is 0 Å². The first-order valence-corrected chi connectivity index (χ1v) is 10.4. The number of rotatable bonds is 4. The molecule has 144 valence electrons. The average Bonchev–Trinajstić information content (AvgIpc) is 3.45. The Hall–Kier alpha value is -2.48. The summed E-state index contributed by atoms with van der Waals surface area (Å²) in [5.74, 6) is 0.601. The predicted molar refractivity (Wildman–Crippen MR) is 106 cm³/mol. The maximum absolute atomic E-state index is 13.2. The van der Waals surface area contributed by atoms with Crippen molar-refractivity contribution in [3.63, 3.8) is 0 Å². The third kappa shape index (κ3) is 3.15. The van der Waals surface area contributed by atoms with Gasteiger partial charge in [-0.1, -0.05) is 51.3 Å². The van der Waals surface area contributed by atoms with Gasteiger partial charge in [-0.3, -0.25) is 4.79 Å². The Morgan fingerprint density at radius 3 is 2.75 bits per heavy atom. The number of amides is 1. The molecule has 5 rings (SSSR count). The molecule has 2 aliphatic rings. The first-order valence-electron chi connectivity index (χ1n) is 9.63. The van der Waals surface area contributed by atoms with E-state index in [-0.39, 0.29) is 5.91 Å². The lowest BCUT2D eigenvalue weighted by Gasteiger charge is -2.25. The standard InChI is InChI=1S/C20H20BrN5O2/c21-14-7-5-13(6-8-14)19-18-17(28-23-19)9-10-25(20(18)27)11-15-12-26(24-22-15)16-3-1-2-4-16/h5-8,12,16H,1-4,9-11H2. The maximum atomic E-state index is 13.2. The first-order chi connectivity index (χ1) is 13.7. The SMILES string of the molecule is O=C1c2c(-c3ccc(Br)cc3)noc2CCN1Cc1cn(C2CCCC2)nn1. The molecule has 1 amide bonds. The van der Waals surface area contributed by atoms with Gasteiger partial charge < -0.3 is 9.42 Å². The van der Waals surface area contributed by atoms with E-state index in [0.29, 0.717) is 42.6 Å². The first kappa shape index (κ1) is 17.6. The number of hydrogen-bond donors (Lipinski definition) is 0. The van der Waals surface area contributed by atoms with E-state index in [4.69, 9.17) is 4.52 Å². The van der Waals surface area contributed by atoms with Gasteiger partial charge in [-0.15, -0.1) is 5.10 Å². The number of benzene rings is 1. The van der Waals surface area contributed by atoms with E-state index in [1.165, 1.54) is 12.8 Å². The molecular weight excluding hydrogens is 422 g/mol. The van der Waals surface area contributed by atoms with E-state index < -0.39 is 0 Å². The Labute approximate surface area is 170 Å². The predicted octanol–water partition coefficient (Wildman–Crippen LogP) is 4.01. The molecular formula is C20H20BrN5O2. The van der Waals surface area contributed by atoms with Crippen molar-refractivity contribution in [2.75, 3.05) is 6.54 Å². The quantitative estimate of drug-likeness (QED) is 0.610. The second-order valence-electron chi connectivity index (χ2n) is 7.44. The van der Waals surface area contributed by atoms with Crippen LogP contribution in [0.15, 0.2) is 39.5 Å². The number of carbonyl (C=O) groups is 1. The summed E-state index contributed by atoms with van der Waals surface area (Å²) >= 11 is 3.43. The van der Waals surface area contributed by atoms with Crippen molar-refractivity contribution in [3.8, 4) is 11.3 Å². The van der Waals surface area contributed by atoms with Crippen LogP contribution in [0.1, 0.15) is 53.5 Å². The third-order valence-electron chi connectivity index (χ3n) is 5.60. The molecule has 0 radical (unpaired) electrons. The number of aromatic nitrogens is 4. The number of nitrogens with zero attached hydrogens (tertiary/aromatic N) is 5. The summed E-state index contributed by atoms with van der Waals surface area (Å²) < 4.78 is 8.42. The highest BCUT2D eigenvalue weighted by atomic mass is 79.9. The number of hydrogen-bond acceptors (Lipinski definition) is 5. The molecule has 0 bridgehead atoms. The van der Waals surface area contributed by atoms with Gasteiger partial charge in [0.1, 0.15) is 17.0 Å². The molecule has 28 heavy (non-hydrogen) atoms. The summed E-state index contributed by atoms with van der Waals surface area (Å²) in [6.45, 7) is 1.05. The number of halogens is 1. The minimum Gasteiger partial charge on any atom is -0.360 e. The zero-order chi connectivity index (χ0) is 19.1. The van der Waals surface area contributed by atoms with Crippen LogP contribution in [0, 0.1) is 0 Å². The topological polar surface area (TPSA) is 77.0 Å². The van der Waals surface area contributed by atoms with Crippen LogP contribution < -0.4 is 0 Å². The van der Waals surface area contributed by atoms with Crippen molar-refractivity contribution >= 4 is 21.8 Å². The molecule has 0 N–H and O–H groups in total. The molecule has 1 aromatic carbocycles. The third-order valence-corrected chi connectivity index (χ3v) is 6.13. The van der Waals surface area contributed by atoms with Crippen LogP contribution in [0.2, 0.25) is 0 Å². The van der Waals surface area contributed by atoms with E-state index in [9.17, 15) is 4.79 Å². The molecule has 7 nitrogen and oxygen atoms in total. The molecule has 1 aliphatic heterocycles. The minimum atomic E-state index is -0.0594. The van der Waals surface area contributed by atoms with E-state index in [2.05, 4.69) is 31.4 Å². The average molecular weight is 442 g/mol. The normalized spacial score (nSPS) is 17.3. The maximum Gasteiger partial charge on any atom is 0.260 e. The van der Waals surface area contributed by atoms with Gasteiger partial charge in [0.05, 0.1) is 18.8 Å². The lowest BCUT2D eigenvalue weighted by Crippen LogP contribution is -2.36. The van der Waals surface area contributed by atoms with Crippen LogP contribution in [0.4, 0.5) is 0 Å². The molecule has 2 aromatic heterocycles. The summed E-state index contributed by atoms with van der Waals surface area (Å²) in [7, 11) is 0. The Balaban J connectivity index is 1.38. The zero-order valence-corrected chi connectivity index (χ0v) is 16.9. The van der Waals surface area contributed by atoms with Crippen molar-refractivity contribution in [2.45, 2.75) is 44.7 Å². The van der Waals surface area contributed by atoms with Crippen molar-refractivity contribution in [3.05, 3.63) is 52.0 Å². The lowest BCUT2D eigenvalue weighted by atomic mass is 10.0.